The Labute approximate surface area is 151 Å². The van der Waals surface area contributed by atoms with Crippen LogP contribution in [-0.2, 0) is 22.6 Å². The molecule has 26 heavy (non-hydrogen) atoms. The van der Waals surface area contributed by atoms with E-state index in [0.29, 0.717) is 5.75 Å². The second-order valence-electron chi connectivity index (χ2n) is 5.46. The molecule has 1 amide bonds. The molecule has 2 aromatic rings. The third kappa shape index (κ3) is 5.89. The van der Waals surface area contributed by atoms with E-state index in [1.165, 1.54) is 0 Å². The van der Waals surface area contributed by atoms with Gasteiger partial charge in [0.05, 0.1) is 7.11 Å². The van der Waals surface area contributed by atoms with Crippen molar-refractivity contribution in [2.45, 2.75) is 19.1 Å². The van der Waals surface area contributed by atoms with E-state index in [9.17, 15) is 9.59 Å². The van der Waals surface area contributed by atoms with E-state index in [1.54, 1.807) is 31.4 Å². The zero-order valence-electron chi connectivity index (χ0n) is 14.3. The minimum Gasteiger partial charge on any atom is -0.497 e. The summed E-state index contributed by atoms with van der Waals surface area (Å²) < 4.78 is 10.2. The number of rotatable bonds is 8. The summed E-state index contributed by atoms with van der Waals surface area (Å²) in [6.45, 7) is 0.0875. The van der Waals surface area contributed by atoms with Crippen molar-refractivity contribution < 1.29 is 23.9 Å². The third-order valence-corrected chi connectivity index (χ3v) is 3.63. The molecular formula is C19H19N3O4. The summed E-state index contributed by atoms with van der Waals surface area (Å²) in [5.74, 6) is 0.142. The van der Waals surface area contributed by atoms with Crippen molar-refractivity contribution in [3.63, 3.8) is 0 Å². The number of hydrogen-bond acceptors (Lipinski definition) is 4. The fraction of sp³-hybridized carbons (Fsp3) is 0.211. The SMILES string of the molecule is COc1ccc(C[C@H](NC(=O)OCc2ccccc2)C(=O)C=[N+]=[N-])cc1. The fourth-order valence-corrected chi connectivity index (χ4v) is 2.27. The van der Waals surface area contributed by atoms with Gasteiger partial charge in [0, 0.05) is 6.42 Å². The van der Waals surface area contributed by atoms with Gasteiger partial charge in [0.15, 0.2) is 0 Å². The first-order valence-corrected chi connectivity index (χ1v) is 7.94. The van der Waals surface area contributed by atoms with Crippen LogP contribution in [0.15, 0.2) is 54.6 Å². The van der Waals surface area contributed by atoms with Crippen molar-refractivity contribution in [1.29, 1.82) is 0 Å². The van der Waals surface area contributed by atoms with Gasteiger partial charge in [0.1, 0.15) is 18.4 Å². The molecule has 0 saturated carbocycles. The lowest BCUT2D eigenvalue weighted by molar-refractivity contribution is -0.117. The topological polar surface area (TPSA) is 101 Å². The first-order valence-electron chi connectivity index (χ1n) is 7.94. The highest BCUT2D eigenvalue weighted by molar-refractivity contribution is 6.28. The van der Waals surface area contributed by atoms with Gasteiger partial charge in [-0.2, -0.15) is 4.79 Å². The van der Waals surface area contributed by atoms with Crippen molar-refractivity contribution in [3.05, 3.63) is 71.3 Å². The van der Waals surface area contributed by atoms with Crippen LogP contribution >= 0.6 is 0 Å². The maximum atomic E-state index is 12.1. The van der Waals surface area contributed by atoms with Crippen molar-refractivity contribution in [2.24, 2.45) is 0 Å². The molecule has 1 N–H and O–H groups in total. The predicted octanol–water partition coefficient (Wildman–Crippen LogP) is 2.40. The van der Waals surface area contributed by atoms with Crippen LogP contribution in [0.25, 0.3) is 5.53 Å². The van der Waals surface area contributed by atoms with Gasteiger partial charge in [-0.3, -0.25) is 4.79 Å². The molecule has 7 nitrogen and oxygen atoms in total. The van der Waals surface area contributed by atoms with Crippen LogP contribution in [0.1, 0.15) is 11.1 Å². The standard InChI is InChI=1S/C19H19N3O4/c1-25-16-9-7-14(8-10-16)11-17(18(23)12-21-20)22-19(24)26-13-15-5-3-2-4-6-15/h2-10,12,17H,11,13H2,1H3,(H,22,24)/t17-/m0/s1. The summed E-state index contributed by atoms with van der Waals surface area (Å²) in [5.41, 5.74) is 10.2. The maximum Gasteiger partial charge on any atom is 0.408 e. The quantitative estimate of drug-likeness (QED) is 0.447. The van der Waals surface area contributed by atoms with E-state index in [0.717, 1.165) is 17.3 Å². The van der Waals surface area contributed by atoms with Crippen LogP contribution in [0, 0.1) is 0 Å². The molecule has 0 radical (unpaired) electrons. The zero-order valence-corrected chi connectivity index (χ0v) is 14.3. The summed E-state index contributed by atoms with van der Waals surface area (Å²) in [7, 11) is 1.56. The van der Waals surface area contributed by atoms with Gasteiger partial charge in [0.2, 0.25) is 0 Å². The summed E-state index contributed by atoms with van der Waals surface area (Å²) in [4.78, 5) is 26.8. The van der Waals surface area contributed by atoms with Crippen molar-refractivity contribution in [2.75, 3.05) is 7.11 Å². The van der Waals surface area contributed by atoms with Crippen molar-refractivity contribution in [1.82, 2.24) is 5.32 Å². The lowest BCUT2D eigenvalue weighted by Crippen LogP contribution is -2.43. The number of ether oxygens (including phenoxy) is 2. The van der Waals surface area contributed by atoms with E-state index in [1.807, 2.05) is 30.3 Å². The van der Waals surface area contributed by atoms with Crippen LogP contribution in [0.3, 0.4) is 0 Å². The number of nitrogens with zero attached hydrogens (tertiary/aromatic N) is 2. The molecule has 7 heteroatoms. The molecule has 0 aromatic heterocycles. The number of amides is 1. The number of carbonyl (C=O) groups excluding carboxylic acids is 2. The lowest BCUT2D eigenvalue weighted by atomic mass is 10.0. The highest BCUT2D eigenvalue weighted by Crippen LogP contribution is 2.13. The van der Waals surface area contributed by atoms with Gasteiger partial charge in [0.25, 0.3) is 5.78 Å². The van der Waals surface area contributed by atoms with Gasteiger partial charge < -0.3 is 20.3 Å². The Morgan fingerprint density at radius 3 is 2.42 bits per heavy atom. The highest BCUT2D eigenvalue weighted by Gasteiger charge is 2.23. The van der Waals surface area contributed by atoms with E-state index < -0.39 is 17.9 Å². The Morgan fingerprint density at radius 2 is 1.81 bits per heavy atom. The van der Waals surface area contributed by atoms with E-state index in [4.69, 9.17) is 15.0 Å². The van der Waals surface area contributed by atoms with Crippen molar-refractivity contribution >= 4 is 18.1 Å². The first-order chi connectivity index (χ1) is 12.6. The van der Waals surface area contributed by atoms with Gasteiger partial charge in [-0.05, 0) is 23.3 Å². The molecule has 2 aromatic carbocycles. The molecule has 1 atom stereocenters. The van der Waals surface area contributed by atoms with Gasteiger partial charge in [-0.15, -0.1) is 0 Å². The molecule has 0 aliphatic carbocycles. The largest absolute Gasteiger partial charge is 0.497 e. The van der Waals surface area contributed by atoms with Crippen LogP contribution in [0.2, 0.25) is 0 Å². The Bertz CT molecular complexity index is 784. The molecule has 134 valence electrons. The summed E-state index contributed by atoms with van der Waals surface area (Å²) in [6.07, 6.45) is 0.244. The molecular weight excluding hydrogens is 334 g/mol. The van der Waals surface area contributed by atoms with Gasteiger partial charge in [-0.1, -0.05) is 42.5 Å². The highest BCUT2D eigenvalue weighted by atomic mass is 16.5. The Kier molecular flexibility index (Phi) is 7.09. The van der Waals surface area contributed by atoms with E-state index in [2.05, 4.69) is 10.1 Å². The van der Waals surface area contributed by atoms with Crippen LogP contribution in [0.5, 0.6) is 5.75 Å². The lowest BCUT2D eigenvalue weighted by Gasteiger charge is -2.15. The monoisotopic (exact) mass is 353 g/mol. The van der Waals surface area contributed by atoms with Crippen LogP contribution in [-0.4, -0.2) is 36.0 Å². The van der Waals surface area contributed by atoms with Crippen LogP contribution in [0.4, 0.5) is 4.79 Å². The smallest absolute Gasteiger partial charge is 0.408 e. The number of alkyl carbamates (subject to hydrolysis) is 1. The molecule has 0 unspecified atom stereocenters. The molecule has 0 heterocycles. The second kappa shape index (κ2) is 9.76. The number of methoxy groups -OCH3 is 1. The Balaban J connectivity index is 2.00. The first kappa shape index (κ1) is 18.9. The molecule has 0 bridgehead atoms. The number of hydrogen-bond donors (Lipinski definition) is 1. The number of Topliss-reactive ketones (excluding diaryl/α,β-unsaturated/α-hetero) is 1. The summed E-state index contributed by atoms with van der Waals surface area (Å²) >= 11 is 0. The van der Waals surface area contributed by atoms with E-state index in [-0.39, 0.29) is 13.0 Å². The maximum absolute atomic E-state index is 12.1. The van der Waals surface area contributed by atoms with Gasteiger partial charge >= 0.3 is 12.3 Å². The molecule has 2 rings (SSSR count). The van der Waals surface area contributed by atoms with E-state index >= 15 is 0 Å². The predicted molar refractivity (Wildman–Crippen MR) is 94.9 cm³/mol. The average molecular weight is 353 g/mol. The number of ketones is 1. The second-order valence-corrected chi connectivity index (χ2v) is 5.46. The van der Waals surface area contributed by atoms with Gasteiger partial charge in [-0.25, -0.2) is 4.79 Å². The average Bonchev–Trinajstić information content (AvgIpc) is 2.67. The summed E-state index contributed by atoms with van der Waals surface area (Å²) in [5, 5.41) is 2.50. The summed E-state index contributed by atoms with van der Waals surface area (Å²) in [6, 6.07) is 15.4. The fourth-order valence-electron chi connectivity index (χ4n) is 2.27. The van der Waals surface area contributed by atoms with Crippen molar-refractivity contribution in [3.8, 4) is 5.75 Å². The molecule has 0 fully saturated rings. The number of carbonyl (C=O) groups is 2. The Hall–Kier alpha value is -3.44. The molecule has 0 aliphatic rings. The van der Waals surface area contributed by atoms with Crippen LogP contribution < -0.4 is 10.1 Å². The molecule has 0 spiro atoms. The molecule has 0 saturated heterocycles. The zero-order chi connectivity index (χ0) is 18.8. The Morgan fingerprint density at radius 1 is 1.12 bits per heavy atom. The number of nitrogens with one attached hydrogen (secondary N) is 1. The number of benzene rings is 2. The minimum atomic E-state index is -0.914. The minimum absolute atomic E-state index is 0.0875. The normalized spacial score (nSPS) is 11.0. The third-order valence-electron chi connectivity index (χ3n) is 3.63. The molecule has 0 aliphatic heterocycles.